The van der Waals surface area contributed by atoms with Gasteiger partial charge >= 0.3 is 5.97 Å². The van der Waals surface area contributed by atoms with Gasteiger partial charge in [-0.15, -0.1) is 0 Å². The zero-order chi connectivity index (χ0) is 16.2. The van der Waals surface area contributed by atoms with Crippen LogP contribution in [0.3, 0.4) is 0 Å². The number of carboxylic acid groups (broad SMARTS) is 1. The Morgan fingerprint density at radius 3 is 2.62 bits per heavy atom. The molecule has 1 aromatic rings. The first kappa shape index (κ1) is 16.5. The monoisotopic (exact) mass is 300 g/mol. The second-order valence-electron chi connectivity index (χ2n) is 4.28. The summed E-state index contributed by atoms with van der Waals surface area (Å²) in [6.07, 6.45) is -1.92. The summed E-state index contributed by atoms with van der Waals surface area (Å²) < 4.78 is 13.8. The van der Waals surface area contributed by atoms with Gasteiger partial charge in [0.2, 0.25) is 0 Å². The van der Waals surface area contributed by atoms with E-state index in [0.29, 0.717) is 0 Å². The molecule has 0 aliphatic carbocycles. The molecule has 0 saturated carbocycles. The topological polar surface area (TPSA) is 130 Å². The fourth-order valence-electron chi connectivity index (χ4n) is 1.56. The van der Waals surface area contributed by atoms with E-state index in [4.69, 9.17) is 10.2 Å². The van der Waals surface area contributed by atoms with Crippen molar-refractivity contribution in [1.29, 1.82) is 0 Å². The number of aliphatic hydroxyl groups is 1. The van der Waals surface area contributed by atoms with Gasteiger partial charge < -0.3 is 15.5 Å². The van der Waals surface area contributed by atoms with Crippen molar-refractivity contribution >= 4 is 17.6 Å². The number of nitrogens with one attached hydrogen (secondary N) is 1. The molecule has 0 aliphatic rings. The second-order valence-corrected chi connectivity index (χ2v) is 4.28. The van der Waals surface area contributed by atoms with Crippen molar-refractivity contribution in [3.63, 3.8) is 0 Å². The van der Waals surface area contributed by atoms with Crippen molar-refractivity contribution in [2.75, 3.05) is 6.54 Å². The number of nitrogens with zero attached hydrogens (tertiary/aromatic N) is 1. The number of aliphatic hydroxyl groups excluding tert-OH is 1. The van der Waals surface area contributed by atoms with Gasteiger partial charge in [-0.1, -0.05) is 0 Å². The Balaban J connectivity index is 2.83. The number of amides is 1. The van der Waals surface area contributed by atoms with Crippen molar-refractivity contribution in [3.8, 4) is 0 Å². The highest BCUT2D eigenvalue weighted by Crippen LogP contribution is 2.20. The van der Waals surface area contributed by atoms with E-state index < -0.39 is 40.0 Å². The van der Waals surface area contributed by atoms with E-state index in [1.165, 1.54) is 6.92 Å². The minimum Gasteiger partial charge on any atom is -0.479 e. The van der Waals surface area contributed by atoms with Crippen molar-refractivity contribution in [3.05, 3.63) is 39.2 Å². The molecule has 0 aromatic heterocycles. The number of aliphatic carboxylic acids is 1. The van der Waals surface area contributed by atoms with Gasteiger partial charge in [-0.2, -0.15) is 0 Å². The van der Waals surface area contributed by atoms with Gasteiger partial charge in [-0.05, 0) is 12.5 Å². The van der Waals surface area contributed by atoms with Gasteiger partial charge in [-0.3, -0.25) is 14.9 Å². The van der Waals surface area contributed by atoms with Gasteiger partial charge in [-0.25, -0.2) is 9.18 Å². The quantitative estimate of drug-likeness (QED) is 0.521. The molecular weight excluding hydrogens is 287 g/mol. The summed E-state index contributed by atoms with van der Waals surface area (Å²) in [7, 11) is 0. The Hall–Kier alpha value is -2.55. The highest BCUT2D eigenvalue weighted by molar-refractivity contribution is 5.95. The first-order valence-electron chi connectivity index (χ1n) is 5.87. The van der Waals surface area contributed by atoms with E-state index in [0.717, 1.165) is 12.1 Å². The van der Waals surface area contributed by atoms with Crippen LogP contribution in [0.15, 0.2) is 12.1 Å². The van der Waals surface area contributed by atoms with Crippen molar-refractivity contribution in [2.45, 2.75) is 19.4 Å². The van der Waals surface area contributed by atoms with Crippen LogP contribution in [0.4, 0.5) is 10.1 Å². The molecular formula is C12H13FN2O6. The number of carbonyl (C=O) groups is 2. The highest BCUT2D eigenvalue weighted by Gasteiger charge is 2.20. The summed E-state index contributed by atoms with van der Waals surface area (Å²) in [5.41, 5.74) is -0.990. The van der Waals surface area contributed by atoms with E-state index in [1.54, 1.807) is 0 Å². The molecule has 3 N–H and O–H groups in total. The van der Waals surface area contributed by atoms with Crippen LogP contribution < -0.4 is 5.32 Å². The van der Waals surface area contributed by atoms with Gasteiger partial charge in [0.25, 0.3) is 11.6 Å². The van der Waals surface area contributed by atoms with Crippen molar-refractivity contribution < 1.29 is 29.1 Å². The first-order valence-corrected chi connectivity index (χ1v) is 5.87. The van der Waals surface area contributed by atoms with E-state index >= 15 is 0 Å². The predicted molar refractivity (Wildman–Crippen MR) is 68.4 cm³/mol. The van der Waals surface area contributed by atoms with Crippen LogP contribution in [0.2, 0.25) is 0 Å². The molecule has 0 radical (unpaired) electrons. The van der Waals surface area contributed by atoms with Gasteiger partial charge in [0.1, 0.15) is 5.82 Å². The summed E-state index contributed by atoms with van der Waals surface area (Å²) >= 11 is 0. The number of rotatable bonds is 6. The van der Waals surface area contributed by atoms with Gasteiger partial charge in [0, 0.05) is 25.1 Å². The maximum absolute atomic E-state index is 13.8. The van der Waals surface area contributed by atoms with Crippen LogP contribution in [0.5, 0.6) is 0 Å². The summed E-state index contributed by atoms with van der Waals surface area (Å²) in [6, 6.07) is 1.80. The number of aryl methyl sites for hydroxylation is 1. The van der Waals surface area contributed by atoms with Gasteiger partial charge in [0.15, 0.2) is 6.10 Å². The Morgan fingerprint density at radius 2 is 2.10 bits per heavy atom. The molecule has 1 atom stereocenters. The molecule has 0 spiro atoms. The molecule has 1 unspecified atom stereocenters. The number of hydrogen-bond donors (Lipinski definition) is 3. The number of halogens is 1. The molecule has 9 heteroatoms. The lowest BCUT2D eigenvalue weighted by Gasteiger charge is -2.09. The maximum atomic E-state index is 13.8. The molecule has 0 saturated heterocycles. The molecule has 1 rings (SSSR count). The molecule has 8 nitrogen and oxygen atoms in total. The Kier molecular flexibility index (Phi) is 5.30. The Bertz CT molecular complexity index is 589. The average molecular weight is 300 g/mol. The van der Waals surface area contributed by atoms with Gasteiger partial charge in [0.05, 0.1) is 10.5 Å². The third kappa shape index (κ3) is 4.21. The number of non-ortho nitro benzene ring substituents is 1. The lowest BCUT2D eigenvalue weighted by atomic mass is 10.1. The second kappa shape index (κ2) is 6.75. The van der Waals surface area contributed by atoms with E-state index in [9.17, 15) is 24.1 Å². The molecule has 114 valence electrons. The first-order chi connectivity index (χ1) is 9.73. The van der Waals surface area contributed by atoms with Crippen LogP contribution in [-0.2, 0) is 4.79 Å². The SMILES string of the molecule is Cc1cc([N+](=O)[O-])cc(C(=O)NCCC(O)C(=O)O)c1F. The smallest absolute Gasteiger partial charge is 0.332 e. The molecule has 1 amide bonds. The number of carbonyl (C=O) groups excluding carboxylic acids is 1. The summed E-state index contributed by atoms with van der Waals surface area (Å²) in [5, 5.41) is 30.3. The lowest BCUT2D eigenvalue weighted by Crippen LogP contribution is -2.30. The minimum atomic E-state index is -1.65. The van der Waals surface area contributed by atoms with Crippen LogP contribution in [0.25, 0.3) is 0 Å². The van der Waals surface area contributed by atoms with Crippen LogP contribution in [0, 0.1) is 22.9 Å². The van der Waals surface area contributed by atoms with E-state index in [2.05, 4.69) is 5.32 Å². The molecule has 0 bridgehead atoms. The largest absolute Gasteiger partial charge is 0.479 e. The number of nitro groups is 1. The summed E-state index contributed by atoms with van der Waals surface area (Å²) in [5.74, 6) is -3.25. The number of benzene rings is 1. The predicted octanol–water partition coefficient (Wildman–Crippen LogP) is 0.608. The summed E-state index contributed by atoms with van der Waals surface area (Å²) in [4.78, 5) is 32.0. The molecule has 1 aromatic carbocycles. The standard InChI is InChI=1S/C12H13FN2O6/c1-6-4-7(15(20)21)5-8(10(6)13)11(17)14-3-2-9(16)12(18)19/h4-5,9,16H,2-3H2,1H3,(H,14,17)(H,18,19). The number of nitro benzene ring substituents is 1. The molecule has 0 heterocycles. The zero-order valence-corrected chi connectivity index (χ0v) is 11.0. The molecule has 21 heavy (non-hydrogen) atoms. The van der Waals surface area contributed by atoms with Crippen molar-refractivity contribution in [2.24, 2.45) is 0 Å². The minimum absolute atomic E-state index is 0.0556. The zero-order valence-electron chi connectivity index (χ0n) is 11.0. The van der Waals surface area contributed by atoms with Crippen LogP contribution >= 0.6 is 0 Å². The maximum Gasteiger partial charge on any atom is 0.332 e. The van der Waals surface area contributed by atoms with Crippen LogP contribution in [-0.4, -0.2) is 39.7 Å². The molecule has 0 aliphatic heterocycles. The van der Waals surface area contributed by atoms with E-state index in [1.807, 2.05) is 0 Å². The van der Waals surface area contributed by atoms with Crippen molar-refractivity contribution in [1.82, 2.24) is 5.32 Å². The fraction of sp³-hybridized carbons (Fsp3) is 0.333. The number of carboxylic acids is 1. The third-order valence-corrected chi connectivity index (χ3v) is 2.68. The van der Waals surface area contributed by atoms with E-state index in [-0.39, 0.29) is 18.5 Å². The highest BCUT2D eigenvalue weighted by atomic mass is 19.1. The fourth-order valence-corrected chi connectivity index (χ4v) is 1.56. The molecule has 0 fully saturated rings. The average Bonchev–Trinajstić information content (AvgIpc) is 2.40. The summed E-state index contributed by atoms with van der Waals surface area (Å²) in [6.45, 7) is 1.07. The Morgan fingerprint density at radius 1 is 1.48 bits per heavy atom. The normalized spacial score (nSPS) is 11.8. The third-order valence-electron chi connectivity index (χ3n) is 2.68. The lowest BCUT2D eigenvalue weighted by molar-refractivity contribution is -0.385. The Labute approximate surface area is 118 Å². The van der Waals surface area contributed by atoms with Crippen LogP contribution in [0.1, 0.15) is 22.3 Å². The number of hydrogen-bond acceptors (Lipinski definition) is 5.